The normalized spacial score (nSPS) is 15.1. The first kappa shape index (κ1) is 26.1. The molecule has 1 amide bonds. The summed E-state index contributed by atoms with van der Waals surface area (Å²) in [6.45, 7) is 5.30. The van der Waals surface area contributed by atoms with E-state index in [0.29, 0.717) is 36.6 Å². The average Bonchev–Trinajstić information content (AvgIpc) is 3.32. The van der Waals surface area contributed by atoms with Gasteiger partial charge in [0.1, 0.15) is 11.4 Å². The van der Waals surface area contributed by atoms with Crippen LogP contribution in [0.5, 0.6) is 11.5 Å². The number of hydrogen-bond donors (Lipinski definition) is 2. The lowest BCUT2D eigenvalue weighted by molar-refractivity contribution is -0.134. The van der Waals surface area contributed by atoms with Crippen LogP contribution in [0.2, 0.25) is 0 Å². The Kier molecular flexibility index (Phi) is 7.87. The van der Waals surface area contributed by atoms with Gasteiger partial charge in [-0.05, 0) is 55.0 Å². The van der Waals surface area contributed by atoms with Crippen molar-refractivity contribution < 1.29 is 13.9 Å². The average molecular weight is 536 g/mol. The maximum atomic E-state index is 14.9. The fourth-order valence-corrected chi connectivity index (χ4v) is 5.01. The molecule has 3 N–H and O–H groups in total. The number of H-pyrrole nitrogens is 1. The quantitative estimate of drug-likeness (QED) is 0.260. The number of rotatable bonds is 8. The second-order valence-corrected chi connectivity index (χ2v) is 10.1. The van der Waals surface area contributed by atoms with Gasteiger partial charge in [0, 0.05) is 51.3 Å². The number of aromatic nitrogens is 4. The number of aromatic amines is 1. The van der Waals surface area contributed by atoms with Crippen molar-refractivity contribution in [1.82, 2.24) is 29.7 Å². The number of amides is 1. The lowest BCUT2D eigenvalue weighted by atomic mass is 10.0. The summed E-state index contributed by atoms with van der Waals surface area (Å²) in [6, 6.07) is 7.58. The Hall–Kier alpha value is -3.54. The van der Waals surface area contributed by atoms with E-state index in [1.165, 1.54) is 17.8 Å². The van der Waals surface area contributed by atoms with Crippen LogP contribution in [0.4, 0.5) is 4.39 Å². The summed E-state index contributed by atoms with van der Waals surface area (Å²) in [5.41, 5.74) is 9.51. The second kappa shape index (κ2) is 11.5. The van der Waals surface area contributed by atoms with Gasteiger partial charge in [0.2, 0.25) is 5.91 Å². The third kappa shape index (κ3) is 5.79. The summed E-state index contributed by atoms with van der Waals surface area (Å²) in [4.78, 5) is 33.1. The monoisotopic (exact) mass is 535 g/mol. The van der Waals surface area contributed by atoms with Gasteiger partial charge in [-0.2, -0.15) is 0 Å². The Morgan fingerprint density at radius 3 is 2.71 bits per heavy atom. The van der Waals surface area contributed by atoms with E-state index in [0.717, 1.165) is 34.9 Å². The molecule has 1 aromatic carbocycles. The molecule has 0 radical (unpaired) electrons. The molecule has 4 heterocycles. The molecular weight excluding hydrogens is 505 g/mol. The first-order valence-corrected chi connectivity index (χ1v) is 13.7. The predicted molar refractivity (Wildman–Crippen MR) is 145 cm³/mol. The van der Waals surface area contributed by atoms with Crippen molar-refractivity contribution in [2.75, 3.05) is 32.4 Å². The molecule has 198 valence electrons. The van der Waals surface area contributed by atoms with Gasteiger partial charge in [-0.1, -0.05) is 17.8 Å². The lowest BCUT2D eigenvalue weighted by Crippen LogP contribution is -2.53. The molecule has 9 nitrogen and oxygen atoms in total. The standard InChI is InChI=1S/C27H30FN7O2S/c1-17-15-32-25-24(17)23(6-8-30-25)37-22-4-3-18(13-20(22)28)14-21(29)26(36)35-11-9-34(10-12-35)16-19-5-7-31-27(33-19)38-2/h3-8,13,15,21H,9-12,14,16,29H2,1-2H3,(H,30,32). The van der Waals surface area contributed by atoms with Crippen molar-refractivity contribution >= 4 is 28.7 Å². The highest BCUT2D eigenvalue weighted by Gasteiger charge is 2.26. The molecule has 1 unspecified atom stereocenters. The van der Waals surface area contributed by atoms with Gasteiger partial charge in [0.15, 0.2) is 16.7 Å². The molecule has 3 aromatic heterocycles. The Bertz CT molecular complexity index is 1440. The number of nitrogens with one attached hydrogen (secondary N) is 1. The van der Waals surface area contributed by atoms with Crippen LogP contribution in [0.25, 0.3) is 11.0 Å². The molecule has 38 heavy (non-hydrogen) atoms. The zero-order chi connectivity index (χ0) is 26.6. The maximum absolute atomic E-state index is 14.9. The smallest absolute Gasteiger partial charge is 0.239 e. The number of benzene rings is 1. The van der Waals surface area contributed by atoms with Crippen molar-refractivity contribution in [2.45, 2.75) is 31.1 Å². The van der Waals surface area contributed by atoms with E-state index in [2.05, 4.69) is 24.8 Å². The lowest BCUT2D eigenvalue weighted by Gasteiger charge is -2.35. The number of fused-ring (bicyclic) bond motifs is 1. The number of hydrogen-bond acceptors (Lipinski definition) is 8. The second-order valence-electron chi connectivity index (χ2n) is 9.32. The number of pyridine rings is 1. The number of nitrogens with zero attached hydrogens (tertiary/aromatic N) is 5. The van der Waals surface area contributed by atoms with Crippen molar-refractivity contribution in [3.8, 4) is 11.5 Å². The SMILES string of the molecule is CSc1nccc(CN2CCN(C(=O)C(N)Cc3ccc(Oc4ccnc5[nH]cc(C)c45)c(F)c3)CC2)n1. The van der Waals surface area contributed by atoms with Crippen molar-refractivity contribution in [3.63, 3.8) is 0 Å². The van der Waals surface area contributed by atoms with Crippen LogP contribution in [0.1, 0.15) is 16.8 Å². The predicted octanol–water partition coefficient (Wildman–Crippen LogP) is 3.53. The van der Waals surface area contributed by atoms with Crippen LogP contribution in [0, 0.1) is 12.7 Å². The van der Waals surface area contributed by atoms with Crippen molar-refractivity contribution in [1.29, 1.82) is 0 Å². The van der Waals surface area contributed by atoms with Crippen LogP contribution in [-0.2, 0) is 17.8 Å². The third-order valence-corrected chi connectivity index (χ3v) is 7.23. The van der Waals surface area contributed by atoms with Gasteiger partial charge in [-0.25, -0.2) is 19.3 Å². The summed E-state index contributed by atoms with van der Waals surface area (Å²) < 4.78 is 20.8. The molecule has 1 atom stereocenters. The van der Waals surface area contributed by atoms with Gasteiger partial charge >= 0.3 is 0 Å². The molecule has 1 saturated heterocycles. The van der Waals surface area contributed by atoms with E-state index >= 15 is 0 Å². The molecular formula is C27H30FN7O2S. The molecule has 5 rings (SSSR count). The van der Waals surface area contributed by atoms with Crippen LogP contribution < -0.4 is 10.5 Å². The molecule has 1 aliphatic rings. The summed E-state index contributed by atoms with van der Waals surface area (Å²) in [5, 5.41) is 1.56. The van der Waals surface area contributed by atoms with Crippen LogP contribution in [0.15, 0.2) is 54.1 Å². The number of halogens is 1. The number of carbonyl (C=O) groups is 1. The van der Waals surface area contributed by atoms with Gasteiger partial charge < -0.3 is 20.4 Å². The van der Waals surface area contributed by atoms with E-state index in [-0.39, 0.29) is 18.1 Å². The van der Waals surface area contributed by atoms with Gasteiger partial charge in [0.05, 0.1) is 17.1 Å². The highest BCUT2D eigenvalue weighted by atomic mass is 32.2. The van der Waals surface area contributed by atoms with Gasteiger partial charge in [0.25, 0.3) is 0 Å². The summed E-state index contributed by atoms with van der Waals surface area (Å²) in [6.07, 6.45) is 7.41. The molecule has 0 saturated carbocycles. The zero-order valence-corrected chi connectivity index (χ0v) is 22.2. The van der Waals surface area contributed by atoms with Gasteiger partial charge in [-0.3, -0.25) is 9.69 Å². The Balaban J connectivity index is 1.16. The number of aryl methyl sites for hydroxylation is 1. The number of thioether (sulfide) groups is 1. The Labute approximate surface area is 224 Å². The van der Waals surface area contributed by atoms with Crippen molar-refractivity contribution in [2.24, 2.45) is 5.73 Å². The third-order valence-electron chi connectivity index (χ3n) is 6.66. The summed E-state index contributed by atoms with van der Waals surface area (Å²) in [7, 11) is 0. The summed E-state index contributed by atoms with van der Waals surface area (Å²) >= 11 is 1.51. The minimum atomic E-state index is -0.749. The molecule has 0 spiro atoms. The van der Waals surface area contributed by atoms with Crippen molar-refractivity contribution in [3.05, 3.63) is 71.6 Å². The molecule has 1 aliphatic heterocycles. The summed E-state index contributed by atoms with van der Waals surface area (Å²) in [5.74, 6) is -0.00972. The van der Waals surface area contributed by atoms with Crippen LogP contribution in [0.3, 0.4) is 0 Å². The molecule has 11 heteroatoms. The van der Waals surface area contributed by atoms with Crippen LogP contribution >= 0.6 is 11.8 Å². The van der Waals surface area contributed by atoms with E-state index in [4.69, 9.17) is 10.5 Å². The maximum Gasteiger partial charge on any atom is 0.239 e. The first-order chi connectivity index (χ1) is 18.4. The van der Waals surface area contributed by atoms with E-state index in [1.807, 2.05) is 25.4 Å². The van der Waals surface area contributed by atoms with E-state index < -0.39 is 11.9 Å². The Morgan fingerprint density at radius 2 is 1.95 bits per heavy atom. The molecule has 0 aliphatic carbocycles. The highest BCUT2D eigenvalue weighted by molar-refractivity contribution is 7.98. The molecule has 4 aromatic rings. The number of nitrogens with two attached hydrogens (primary N) is 1. The fourth-order valence-electron chi connectivity index (χ4n) is 4.63. The topological polar surface area (TPSA) is 113 Å². The first-order valence-electron chi connectivity index (χ1n) is 12.4. The highest BCUT2D eigenvalue weighted by Crippen LogP contribution is 2.32. The fraction of sp³-hybridized carbons (Fsp3) is 0.333. The van der Waals surface area contributed by atoms with E-state index in [9.17, 15) is 9.18 Å². The number of carbonyl (C=O) groups excluding carboxylic acids is 1. The van der Waals surface area contributed by atoms with Crippen LogP contribution in [-0.4, -0.2) is 74.1 Å². The Morgan fingerprint density at radius 1 is 1.16 bits per heavy atom. The molecule has 1 fully saturated rings. The minimum Gasteiger partial charge on any atom is -0.453 e. The molecule has 0 bridgehead atoms. The van der Waals surface area contributed by atoms with Gasteiger partial charge in [-0.15, -0.1) is 0 Å². The minimum absolute atomic E-state index is 0.103. The number of piperazine rings is 1. The largest absolute Gasteiger partial charge is 0.453 e. The van der Waals surface area contributed by atoms with E-state index in [1.54, 1.807) is 35.5 Å². The number of ether oxygens (including phenoxy) is 1. The zero-order valence-electron chi connectivity index (χ0n) is 21.4.